The van der Waals surface area contributed by atoms with Gasteiger partial charge in [-0.1, -0.05) is 0 Å². The number of anilines is 1. The molecule has 1 atom stereocenters. The van der Waals surface area contributed by atoms with E-state index in [9.17, 15) is 8.78 Å². The van der Waals surface area contributed by atoms with Crippen molar-refractivity contribution in [3.8, 4) is 5.75 Å². The molecule has 0 unspecified atom stereocenters. The summed E-state index contributed by atoms with van der Waals surface area (Å²) < 4.78 is 37.5. The number of aryl methyl sites for hydroxylation is 1. The molecule has 6 rings (SSSR count). The second kappa shape index (κ2) is 5.79. The van der Waals surface area contributed by atoms with Crippen LogP contribution in [0.5, 0.6) is 5.75 Å². The van der Waals surface area contributed by atoms with Gasteiger partial charge in [0.05, 0.1) is 12.1 Å². The van der Waals surface area contributed by atoms with Gasteiger partial charge < -0.3 is 19.3 Å². The Morgan fingerprint density at radius 3 is 2.77 bits per heavy atom. The monoisotopic (exact) mass is 364 g/mol. The quantitative estimate of drug-likeness (QED) is 0.837. The Balaban J connectivity index is 1.45. The summed E-state index contributed by atoms with van der Waals surface area (Å²) in [6.07, 6.45) is 2.40. The average Bonchev–Trinajstić information content (AvgIpc) is 3.17. The summed E-state index contributed by atoms with van der Waals surface area (Å²) in [5, 5.41) is 5.56. The second-order valence-corrected chi connectivity index (χ2v) is 7.59. The van der Waals surface area contributed by atoms with Crippen LogP contribution in [0.4, 0.5) is 14.6 Å². The van der Waals surface area contributed by atoms with Gasteiger partial charge in [0, 0.05) is 25.0 Å². The van der Waals surface area contributed by atoms with E-state index in [4.69, 9.17) is 4.74 Å². The van der Waals surface area contributed by atoms with Gasteiger partial charge in [0.1, 0.15) is 18.1 Å². The molecule has 0 radical (unpaired) electrons. The van der Waals surface area contributed by atoms with Gasteiger partial charge in [-0.25, -0.2) is 0 Å². The highest BCUT2D eigenvalue weighted by atomic mass is 19.3. The number of alkyl halides is 2. The van der Waals surface area contributed by atoms with Gasteiger partial charge in [0.15, 0.2) is 5.82 Å². The van der Waals surface area contributed by atoms with E-state index >= 15 is 0 Å². The smallest absolute Gasteiger partial charge is 0.387 e. The van der Waals surface area contributed by atoms with E-state index in [0.717, 1.165) is 29.8 Å². The SMILES string of the molecule is Cn1nc(N2CO[C@]3(CN4CCC3CC4)C2)c2ccc(OC(F)F)cc21. The van der Waals surface area contributed by atoms with Crippen LogP contribution in [0.25, 0.3) is 10.9 Å². The van der Waals surface area contributed by atoms with Crippen molar-refractivity contribution in [1.29, 1.82) is 0 Å². The molecule has 4 fully saturated rings. The Morgan fingerprint density at radius 1 is 1.27 bits per heavy atom. The van der Waals surface area contributed by atoms with Crippen molar-refractivity contribution in [1.82, 2.24) is 14.7 Å². The number of halogens is 2. The molecule has 0 aliphatic carbocycles. The van der Waals surface area contributed by atoms with Crippen molar-refractivity contribution in [3.63, 3.8) is 0 Å². The van der Waals surface area contributed by atoms with Gasteiger partial charge >= 0.3 is 6.61 Å². The minimum atomic E-state index is -2.83. The molecule has 26 heavy (non-hydrogen) atoms. The second-order valence-electron chi connectivity index (χ2n) is 7.59. The summed E-state index contributed by atoms with van der Waals surface area (Å²) in [6, 6.07) is 4.98. The summed E-state index contributed by atoms with van der Waals surface area (Å²) in [7, 11) is 1.82. The van der Waals surface area contributed by atoms with Crippen LogP contribution in [0.1, 0.15) is 12.8 Å². The van der Waals surface area contributed by atoms with E-state index in [1.165, 1.54) is 25.9 Å². The molecule has 1 aromatic heterocycles. The predicted octanol–water partition coefficient (Wildman–Crippen LogP) is 2.43. The lowest BCUT2D eigenvalue weighted by Gasteiger charge is -2.50. The molecular formula is C18H22F2N4O2. The van der Waals surface area contributed by atoms with Crippen LogP contribution >= 0.6 is 0 Å². The molecule has 4 aliphatic heterocycles. The van der Waals surface area contributed by atoms with Crippen LogP contribution < -0.4 is 9.64 Å². The topological polar surface area (TPSA) is 42.8 Å². The molecule has 4 aliphatic rings. The summed E-state index contributed by atoms with van der Waals surface area (Å²) in [6.45, 7) is 1.86. The number of hydrogen-bond acceptors (Lipinski definition) is 5. The van der Waals surface area contributed by atoms with E-state index in [0.29, 0.717) is 12.6 Å². The third-order valence-electron chi connectivity index (χ3n) is 6.12. The first-order chi connectivity index (χ1) is 12.5. The largest absolute Gasteiger partial charge is 0.435 e. The van der Waals surface area contributed by atoms with Gasteiger partial charge in [-0.2, -0.15) is 13.9 Å². The lowest BCUT2D eigenvalue weighted by atomic mass is 9.75. The molecule has 1 spiro atoms. The number of piperidine rings is 3. The number of nitrogens with zero attached hydrogens (tertiary/aromatic N) is 4. The number of hydrogen-bond donors (Lipinski definition) is 0. The summed E-state index contributed by atoms with van der Waals surface area (Å²) in [4.78, 5) is 4.67. The van der Waals surface area contributed by atoms with Crippen LogP contribution in [0.2, 0.25) is 0 Å². The molecule has 6 nitrogen and oxygen atoms in total. The van der Waals surface area contributed by atoms with E-state index < -0.39 is 6.61 Å². The molecule has 5 heterocycles. The lowest BCUT2D eigenvalue weighted by Crippen LogP contribution is -2.61. The Kier molecular flexibility index (Phi) is 3.62. The zero-order chi connectivity index (χ0) is 17.9. The summed E-state index contributed by atoms with van der Waals surface area (Å²) >= 11 is 0. The number of fused-ring (bicyclic) bond motifs is 3. The highest BCUT2D eigenvalue weighted by Crippen LogP contribution is 2.43. The molecule has 0 amide bonds. The third kappa shape index (κ3) is 2.46. The van der Waals surface area contributed by atoms with Crippen molar-refractivity contribution in [2.24, 2.45) is 13.0 Å². The first kappa shape index (κ1) is 16.3. The lowest BCUT2D eigenvalue weighted by molar-refractivity contribution is -0.116. The Hall–Kier alpha value is -1.93. The average molecular weight is 364 g/mol. The Bertz CT molecular complexity index is 834. The highest BCUT2D eigenvalue weighted by Gasteiger charge is 2.52. The number of rotatable bonds is 3. The van der Waals surface area contributed by atoms with E-state index in [1.54, 1.807) is 22.9 Å². The van der Waals surface area contributed by atoms with Crippen LogP contribution in [0.3, 0.4) is 0 Å². The predicted molar refractivity (Wildman–Crippen MR) is 92.5 cm³/mol. The standard InChI is InChI=1S/C18H22F2N4O2/c1-22-15-8-13(26-17(19)20)2-3-14(15)16(21-22)24-10-18(25-11-24)9-23-6-4-12(18)5-7-23/h2-3,8,12,17H,4-7,9-11H2,1H3/t18-/m1/s1. The Morgan fingerprint density at radius 2 is 2.08 bits per heavy atom. The number of aromatic nitrogens is 2. The zero-order valence-corrected chi connectivity index (χ0v) is 14.7. The minimum absolute atomic E-state index is 0.0981. The fourth-order valence-electron chi connectivity index (χ4n) is 4.85. The van der Waals surface area contributed by atoms with E-state index in [-0.39, 0.29) is 11.4 Å². The normalized spacial score (nSPS) is 30.8. The van der Waals surface area contributed by atoms with Crippen LogP contribution in [-0.4, -0.2) is 59.8 Å². The highest BCUT2D eigenvalue weighted by molar-refractivity contribution is 5.91. The van der Waals surface area contributed by atoms with Crippen LogP contribution in [0.15, 0.2) is 18.2 Å². The number of ether oxygens (including phenoxy) is 2. The van der Waals surface area contributed by atoms with E-state index in [2.05, 4.69) is 19.6 Å². The summed E-state index contributed by atoms with van der Waals surface area (Å²) in [5.41, 5.74) is 0.673. The zero-order valence-electron chi connectivity index (χ0n) is 14.7. The van der Waals surface area contributed by atoms with Gasteiger partial charge in [-0.15, -0.1) is 0 Å². The van der Waals surface area contributed by atoms with Gasteiger partial charge in [0.2, 0.25) is 0 Å². The molecule has 1 aromatic carbocycles. The number of benzene rings is 1. The molecule has 0 N–H and O–H groups in total. The maximum Gasteiger partial charge on any atom is 0.387 e. The molecule has 4 saturated heterocycles. The first-order valence-electron chi connectivity index (χ1n) is 9.07. The van der Waals surface area contributed by atoms with Crippen LogP contribution in [-0.2, 0) is 11.8 Å². The fourth-order valence-corrected chi connectivity index (χ4v) is 4.85. The van der Waals surface area contributed by atoms with Gasteiger partial charge in [-0.05, 0) is 44.0 Å². The van der Waals surface area contributed by atoms with Crippen molar-refractivity contribution >= 4 is 16.7 Å². The molecule has 0 saturated carbocycles. The molecule has 2 aromatic rings. The van der Waals surface area contributed by atoms with Crippen molar-refractivity contribution in [2.45, 2.75) is 25.1 Å². The van der Waals surface area contributed by atoms with Crippen molar-refractivity contribution in [2.75, 3.05) is 37.8 Å². The molecular weight excluding hydrogens is 342 g/mol. The fraction of sp³-hybridized carbons (Fsp3) is 0.611. The van der Waals surface area contributed by atoms with Crippen molar-refractivity contribution in [3.05, 3.63) is 18.2 Å². The maximum absolute atomic E-state index is 12.5. The summed E-state index contributed by atoms with van der Waals surface area (Å²) in [5.74, 6) is 1.60. The van der Waals surface area contributed by atoms with Gasteiger partial charge in [-0.3, -0.25) is 4.68 Å². The van der Waals surface area contributed by atoms with Crippen molar-refractivity contribution < 1.29 is 18.3 Å². The molecule has 140 valence electrons. The van der Waals surface area contributed by atoms with Crippen LogP contribution in [0, 0.1) is 5.92 Å². The maximum atomic E-state index is 12.5. The third-order valence-corrected chi connectivity index (χ3v) is 6.12. The minimum Gasteiger partial charge on any atom is -0.435 e. The Labute approximate surface area is 150 Å². The first-order valence-corrected chi connectivity index (χ1v) is 9.07. The van der Waals surface area contributed by atoms with Gasteiger partial charge in [0.25, 0.3) is 0 Å². The van der Waals surface area contributed by atoms with E-state index in [1.807, 2.05) is 7.05 Å². The molecule has 8 heteroatoms. The molecule has 2 bridgehead atoms.